The SMILES string of the molecule is CC(=O)OC1CC(C)=C(C#CC(C)=CC=CC=CC=C(C)C=CC2C=C(C=CC34OC3(C)CC(O)CC4(C)C)C(=O)O2)C(C)(C)C1. The maximum absolute atomic E-state index is 12.5. The predicted octanol–water partition coefficient (Wildman–Crippen LogP) is 7.74. The molecule has 1 saturated carbocycles. The highest BCUT2D eigenvalue weighted by Gasteiger charge is 2.74. The Morgan fingerprint density at radius 1 is 1.02 bits per heavy atom. The molecule has 5 unspecified atom stereocenters. The molecule has 1 N–H and O–H groups in total. The Morgan fingerprint density at radius 3 is 2.37 bits per heavy atom. The number of hydrogen-bond acceptors (Lipinski definition) is 6. The molecule has 6 heteroatoms. The molecule has 246 valence electrons. The van der Waals surface area contributed by atoms with Crippen molar-refractivity contribution < 1.29 is 28.9 Å². The zero-order valence-corrected chi connectivity index (χ0v) is 28.9. The second-order valence-electron chi connectivity index (χ2n) is 14.7. The summed E-state index contributed by atoms with van der Waals surface area (Å²) in [6.07, 6.45) is 23.1. The normalized spacial score (nSPS) is 32.5. The van der Waals surface area contributed by atoms with Crippen LogP contribution in [0.3, 0.4) is 0 Å². The Bertz CT molecular complexity index is 1540. The molecule has 2 heterocycles. The van der Waals surface area contributed by atoms with E-state index < -0.39 is 17.3 Å². The lowest BCUT2D eigenvalue weighted by Gasteiger charge is -2.39. The second-order valence-corrected chi connectivity index (χ2v) is 14.7. The lowest BCUT2D eigenvalue weighted by molar-refractivity contribution is -0.147. The van der Waals surface area contributed by atoms with E-state index in [1.807, 2.05) is 87.6 Å². The summed E-state index contributed by atoms with van der Waals surface area (Å²) in [5, 5.41) is 10.3. The van der Waals surface area contributed by atoms with E-state index in [4.69, 9.17) is 14.2 Å². The number of fused-ring (bicyclic) bond motifs is 1. The smallest absolute Gasteiger partial charge is 0.338 e. The number of carbonyl (C=O) groups excluding carboxylic acids is 2. The van der Waals surface area contributed by atoms with Crippen LogP contribution < -0.4 is 0 Å². The summed E-state index contributed by atoms with van der Waals surface area (Å²) in [6.45, 7) is 18.1. The Labute approximate surface area is 275 Å². The van der Waals surface area contributed by atoms with E-state index in [-0.39, 0.29) is 35.0 Å². The highest BCUT2D eigenvalue weighted by atomic mass is 16.6. The van der Waals surface area contributed by atoms with Crippen molar-refractivity contribution in [2.24, 2.45) is 10.8 Å². The second kappa shape index (κ2) is 13.6. The molecule has 46 heavy (non-hydrogen) atoms. The van der Waals surface area contributed by atoms with Crippen molar-refractivity contribution in [3.05, 3.63) is 94.7 Å². The first-order chi connectivity index (χ1) is 21.5. The van der Waals surface area contributed by atoms with Gasteiger partial charge < -0.3 is 19.3 Å². The van der Waals surface area contributed by atoms with Crippen molar-refractivity contribution in [2.45, 2.75) is 118 Å². The molecular formula is C40H50O6. The maximum Gasteiger partial charge on any atom is 0.338 e. The van der Waals surface area contributed by atoms with Crippen LogP contribution in [0.5, 0.6) is 0 Å². The summed E-state index contributed by atoms with van der Waals surface area (Å²) in [4.78, 5) is 23.9. The zero-order valence-electron chi connectivity index (χ0n) is 28.9. The van der Waals surface area contributed by atoms with Crippen LogP contribution in [0.25, 0.3) is 0 Å². The third-order valence-electron chi connectivity index (χ3n) is 9.51. The fraction of sp³-hybridized carbons (Fsp3) is 0.500. The molecule has 0 aromatic heterocycles. The first-order valence-corrected chi connectivity index (χ1v) is 16.2. The van der Waals surface area contributed by atoms with Crippen LogP contribution in [0, 0.1) is 22.7 Å². The van der Waals surface area contributed by atoms with Crippen LogP contribution in [-0.2, 0) is 23.8 Å². The molecule has 0 bridgehead atoms. The fourth-order valence-corrected chi connectivity index (χ4v) is 7.37. The Balaban J connectivity index is 1.29. The number of carbonyl (C=O) groups is 2. The van der Waals surface area contributed by atoms with Gasteiger partial charge in [0.2, 0.25) is 0 Å². The van der Waals surface area contributed by atoms with Crippen molar-refractivity contribution in [3.63, 3.8) is 0 Å². The zero-order chi connectivity index (χ0) is 33.9. The molecule has 0 spiro atoms. The molecule has 5 atom stereocenters. The van der Waals surface area contributed by atoms with Crippen molar-refractivity contribution >= 4 is 11.9 Å². The highest BCUT2D eigenvalue weighted by molar-refractivity contribution is 5.94. The Hall–Kier alpha value is -3.66. The largest absolute Gasteiger partial charge is 0.462 e. The Kier molecular flexibility index (Phi) is 10.4. The van der Waals surface area contributed by atoms with Crippen LogP contribution in [0.1, 0.15) is 88.0 Å². The van der Waals surface area contributed by atoms with Crippen LogP contribution in [0.15, 0.2) is 94.7 Å². The van der Waals surface area contributed by atoms with Gasteiger partial charge in [0.05, 0.1) is 11.7 Å². The number of aliphatic hydroxyl groups excluding tert-OH is 1. The van der Waals surface area contributed by atoms with Crippen LogP contribution >= 0.6 is 0 Å². The van der Waals surface area contributed by atoms with Gasteiger partial charge in [0.15, 0.2) is 0 Å². The van der Waals surface area contributed by atoms with Gasteiger partial charge in [0.25, 0.3) is 0 Å². The monoisotopic (exact) mass is 626 g/mol. The van der Waals surface area contributed by atoms with Gasteiger partial charge in [-0.1, -0.05) is 93.2 Å². The number of aliphatic hydroxyl groups is 1. The standard InChI is InChI=1S/C40H50O6/c1-27(14-12-10-11-13-15-28(2)17-19-35-29(3)22-34(44-30(4)41)26-37(35,5)6)16-18-33-23-31(36(43)45-33)20-21-40-38(7,8)24-32(42)25-39(40,9)46-40/h10-16,18,20-21,23,32-34,42H,22,24-26H2,1-9H3. The minimum Gasteiger partial charge on any atom is -0.462 e. The summed E-state index contributed by atoms with van der Waals surface area (Å²) in [7, 11) is 0. The summed E-state index contributed by atoms with van der Waals surface area (Å²) in [6, 6.07) is 0. The van der Waals surface area contributed by atoms with Crippen molar-refractivity contribution in [1.82, 2.24) is 0 Å². The van der Waals surface area contributed by atoms with E-state index in [1.165, 1.54) is 12.5 Å². The van der Waals surface area contributed by atoms with Gasteiger partial charge in [0, 0.05) is 36.2 Å². The molecule has 0 amide bonds. The highest BCUT2D eigenvalue weighted by Crippen LogP contribution is 2.66. The first-order valence-electron chi connectivity index (χ1n) is 16.2. The number of esters is 2. The van der Waals surface area contributed by atoms with Crippen molar-refractivity contribution in [1.29, 1.82) is 0 Å². The lowest BCUT2D eigenvalue weighted by atomic mass is 9.63. The minimum atomic E-state index is -0.488. The van der Waals surface area contributed by atoms with E-state index >= 15 is 0 Å². The van der Waals surface area contributed by atoms with Gasteiger partial charge in [-0.15, -0.1) is 0 Å². The fourth-order valence-electron chi connectivity index (χ4n) is 7.37. The summed E-state index contributed by atoms with van der Waals surface area (Å²) in [5.41, 5.74) is 3.52. The molecule has 6 nitrogen and oxygen atoms in total. The topological polar surface area (TPSA) is 85.4 Å². The van der Waals surface area contributed by atoms with Crippen LogP contribution in [0.2, 0.25) is 0 Å². The third kappa shape index (κ3) is 8.00. The molecule has 2 aliphatic heterocycles. The van der Waals surface area contributed by atoms with Gasteiger partial charge in [0.1, 0.15) is 23.4 Å². The third-order valence-corrected chi connectivity index (χ3v) is 9.51. The lowest BCUT2D eigenvalue weighted by Crippen LogP contribution is -2.46. The van der Waals surface area contributed by atoms with E-state index in [2.05, 4.69) is 46.5 Å². The van der Waals surface area contributed by atoms with E-state index in [0.717, 1.165) is 29.6 Å². The average molecular weight is 627 g/mol. The molecule has 0 aromatic rings. The van der Waals surface area contributed by atoms with Gasteiger partial charge in [-0.25, -0.2) is 4.79 Å². The van der Waals surface area contributed by atoms with E-state index in [1.54, 1.807) is 0 Å². The molecule has 0 aromatic carbocycles. The number of allylic oxidation sites excluding steroid dienone is 10. The minimum absolute atomic E-state index is 0.0866. The number of ether oxygens (including phenoxy) is 3. The van der Waals surface area contributed by atoms with Gasteiger partial charge >= 0.3 is 11.9 Å². The van der Waals surface area contributed by atoms with Gasteiger partial charge in [-0.05, 0) is 70.4 Å². The molecule has 4 aliphatic rings. The molecule has 0 radical (unpaired) electrons. The first kappa shape index (κ1) is 35.2. The average Bonchev–Trinajstić information content (AvgIpc) is 3.39. The summed E-state index contributed by atoms with van der Waals surface area (Å²) >= 11 is 0. The molecular weight excluding hydrogens is 576 g/mol. The predicted molar refractivity (Wildman–Crippen MR) is 182 cm³/mol. The maximum atomic E-state index is 12.5. The number of cyclic esters (lactones) is 1. The van der Waals surface area contributed by atoms with E-state index in [9.17, 15) is 14.7 Å². The van der Waals surface area contributed by atoms with E-state index in [0.29, 0.717) is 18.4 Å². The quantitative estimate of drug-likeness (QED) is 0.128. The number of rotatable bonds is 8. The summed E-state index contributed by atoms with van der Waals surface area (Å²) < 4.78 is 17.2. The van der Waals surface area contributed by atoms with Crippen molar-refractivity contribution in [2.75, 3.05) is 0 Å². The van der Waals surface area contributed by atoms with Gasteiger partial charge in [-0.3, -0.25) is 4.79 Å². The molecule has 2 aliphatic carbocycles. The van der Waals surface area contributed by atoms with Gasteiger partial charge in [-0.2, -0.15) is 0 Å². The molecule has 2 fully saturated rings. The summed E-state index contributed by atoms with van der Waals surface area (Å²) in [5.74, 6) is 6.07. The molecule has 4 rings (SSSR count). The van der Waals surface area contributed by atoms with Crippen LogP contribution in [0.4, 0.5) is 0 Å². The van der Waals surface area contributed by atoms with Crippen molar-refractivity contribution in [3.8, 4) is 11.8 Å². The Morgan fingerprint density at radius 2 is 1.72 bits per heavy atom. The molecule has 1 saturated heterocycles. The number of hydrogen-bond donors (Lipinski definition) is 1. The number of epoxide rings is 1. The van der Waals surface area contributed by atoms with Crippen LogP contribution in [-0.4, -0.2) is 46.6 Å².